The van der Waals surface area contributed by atoms with Gasteiger partial charge in [-0.05, 0) is 42.1 Å². The van der Waals surface area contributed by atoms with Crippen molar-refractivity contribution in [2.24, 2.45) is 7.05 Å². The van der Waals surface area contributed by atoms with Gasteiger partial charge < -0.3 is 15.6 Å². The molecule has 3 rings (SSSR count). The largest absolute Gasteiger partial charge is 0.398 e. The van der Waals surface area contributed by atoms with Gasteiger partial charge in [-0.15, -0.1) is 0 Å². The molecule has 26 heavy (non-hydrogen) atoms. The maximum Gasteiger partial charge on any atom is 0.257 e. The molecule has 1 aromatic heterocycles. The van der Waals surface area contributed by atoms with Crippen LogP contribution in [0.2, 0.25) is 0 Å². The standard InChI is InChI=1S/C18H14FN5OS/c1-24-6-5-22-18(24)26-16-8-13(15(21)9-14(16)19)17(25)23-12-4-2-3-11(7-12)10-20/h2-9H,21H2,1H3,(H,23,25). The number of halogens is 1. The summed E-state index contributed by atoms with van der Waals surface area (Å²) in [5.41, 5.74) is 6.87. The molecular weight excluding hydrogens is 353 g/mol. The summed E-state index contributed by atoms with van der Waals surface area (Å²) in [4.78, 5) is 16.9. The van der Waals surface area contributed by atoms with Gasteiger partial charge in [0.1, 0.15) is 5.82 Å². The van der Waals surface area contributed by atoms with Crippen molar-refractivity contribution in [2.75, 3.05) is 11.1 Å². The highest BCUT2D eigenvalue weighted by molar-refractivity contribution is 7.99. The van der Waals surface area contributed by atoms with Crippen molar-refractivity contribution in [3.8, 4) is 6.07 Å². The summed E-state index contributed by atoms with van der Waals surface area (Å²) in [6, 6.07) is 11.0. The summed E-state index contributed by atoms with van der Waals surface area (Å²) in [6.07, 6.45) is 3.35. The fourth-order valence-electron chi connectivity index (χ4n) is 2.26. The van der Waals surface area contributed by atoms with E-state index in [4.69, 9.17) is 11.0 Å². The van der Waals surface area contributed by atoms with Crippen LogP contribution in [0, 0.1) is 17.1 Å². The highest BCUT2D eigenvalue weighted by Crippen LogP contribution is 2.31. The SMILES string of the molecule is Cn1ccnc1Sc1cc(C(=O)Nc2cccc(C#N)c2)c(N)cc1F. The van der Waals surface area contributed by atoms with Crippen LogP contribution in [0.3, 0.4) is 0 Å². The molecular formula is C18H14FN5OS. The number of benzene rings is 2. The molecule has 3 aromatic rings. The van der Waals surface area contributed by atoms with Crippen LogP contribution in [0.25, 0.3) is 0 Å². The number of carbonyl (C=O) groups excluding carboxylic acids is 1. The lowest BCUT2D eigenvalue weighted by atomic mass is 10.1. The van der Waals surface area contributed by atoms with E-state index in [9.17, 15) is 9.18 Å². The second-order valence-corrected chi connectivity index (χ2v) is 6.45. The van der Waals surface area contributed by atoms with Crippen molar-refractivity contribution in [3.63, 3.8) is 0 Å². The first kappa shape index (κ1) is 17.5. The van der Waals surface area contributed by atoms with E-state index in [-0.39, 0.29) is 16.1 Å². The van der Waals surface area contributed by atoms with Crippen LogP contribution in [-0.4, -0.2) is 15.5 Å². The number of hydrogen-bond donors (Lipinski definition) is 2. The molecule has 130 valence electrons. The van der Waals surface area contributed by atoms with Crippen LogP contribution in [0.1, 0.15) is 15.9 Å². The first-order valence-electron chi connectivity index (χ1n) is 7.53. The second kappa shape index (κ2) is 7.29. The average molecular weight is 367 g/mol. The Hall–Kier alpha value is -3.31. The van der Waals surface area contributed by atoms with Crippen LogP contribution in [0.5, 0.6) is 0 Å². The van der Waals surface area contributed by atoms with Gasteiger partial charge in [0, 0.05) is 30.8 Å². The number of nitrogens with one attached hydrogen (secondary N) is 1. The molecule has 0 aliphatic carbocycles. The number of aromatic nitrogens is 2. The Morgan fingerprint density at radius 2 is 2.19 bits per heavy atom. The fraction of sp³-hybridized carbons (Fsp3) is 0.0556. The molecule has 0 atom stereocenters. The number of nitrogens with zero attached hydrogens (tertiary/aromatic N) is 3. The Bertz CT molecular complexity index is 1020. The van der Waals surface area contributed by atoms with Crippen LogP contribution in [-0.2, 0) is 7.05 Å². The summed E-state index contributed by atoms with van der Waals surface area (Å²) in [7, 11) is 1.79. The number of amides is 1. The van der Waals surface area contributed by atoms with Crippen molar-refractivity contribution in [1.29, 1.82) is 5.26 Å². The number of carbonyl (C=O) groups is 1. The molecule has 2 aromatic carbocycles. The third kappa shape index (κ3) is 3.68. The molecule has 0 aliphatic heterocycles. The van der Waals surface area contributed by atoms with Gasteiger partial charge in [-0.25, -0.2) is 9.37 Å². The van der Waals surface area contributed by atoms with E-state index >= 15 is 0 Å². The summed E-state index contributed by atoms with van der Waals surface area (Å²) in [5, 5.41) is 12.2. The zero-order valence-corrected chi connectivity index (χ0v) is 14.5. The van der Waals surface area contributed by atoms with Gasteiger partial charge >= 0.3 is 0 Å². The molecule has 3 N–H and O–H groups in total. The number of hydrogen-bond acceptors (Lipinski definition) is 5. The first-order valence-corrected chi connectivity index (χ1v) is 8.35. The zero-order valence-electron chi connectivity index (χ0n) is 13.7. The van der Waals surface area contributed by atoms with E-state index in [1.54, 1.807) is 48.3 Å². The fourth-order valence-corrected chi connectivity index (χ4v) is 3.11. The summed E-state index contributed by atoms with van der Waals surface area (Å²) < 4.78 is 16.0. The predicted octanol–water partition coefficient (Wildman–Crippen LogP) is 3.42. The van der Waals surface area contributed by atoms with Gasteiger partial charge in [-0.2, -0.15) is 5.26 Å². The Morgan fingerprint density at radius 1 is 1.38 bits per heavy atom. The highest BCUT2D eigenvalue weighted by atomic mass is 32.2. The highest BCUT2D eigenvalue weighted by Gasteiger charge is 2.16. The molecule has 0 saturated carbocycles. The van der Waals surface area contributed by atoms with Gasteiger partial charge in [0.05, 0.1) is 22.1 Å². The van der Waals surface area contributed by atoms with E-state index in [1.165, 1.54) is 6.07 Å². The van der Waals surface area contributed by atoms with Crippen molar-refractivity contribution in [1.82, 2.24) is 9.55 Å². The summed E-state index contributed by atoms with van der Waals surface area (Å²) >= 11 is 1.10. The van der Waals surface area contributed by atoms with Crippen LogP contribution in [0.4, 0.5) is 15.8 Å². The molecule has 0 bridgehead atoms. The molecule has 0 fully saturated rings. The minimum atomic E-state index is -0.529. The monoisotopic (exact) mass is 367 g/mol. The zero-order chi connectivity index (χ0) is 18.7. The molecule has 1 heterocycles. The third-order valence-electron chi connectivity index (χ3n) is 3.58. The van der Waals surface area contributed by atoms with E-state index in [2.05, 4.69) is 10.3 Å². The smallest absolute Gasteiger partial charge is 0.257 e. The maximum atomic E-state index is 14.2. The van der Waals surface area contributed by atoms with Gasteiger partial charge in [-0.1, -0.05) is 6.07 Å². The number of rotatable bonds is 4. The lowest BCUT2D eigenvalue weighted by Gasteiger charge is -2.11. The lowest BCUT2D eigenvalue weighted by molar-refractivity contribution is 0.102. The number of aryl methyl sites for hydroxylation is 1. The molecule has 0 radical (unpaired) electrons. The lowest BCUT2D eigenvalue weighted by Crippen LogP contribution is -2.14. The maximum absolute atomic E-state index is 14.2. The molecule has 0 unspecified atom stereocenters. The Labute approximate surface area is 153 Å². The van der Waals surface area contributed by atoms with Crippen LogP contribution >= 0.6 is 11.8 Å². The molecule has 0 saturated heterocycles. The van der Waals surface area contributed by atoms with Crippen molar-refractivity contribution < 1.29 is 9.18 Å². The number of anilines is 2. The first-order chi connectivity index (χ1) is 12.5. The predicted molar refractivity (Wildman–Crippen MR) is 97.3 cm³/mol. The average Bonchev–Trinajstić information content (AvgIpc) is 3.02. The van der Waals surface area contributed by atoms with E-state index < -0.39 is 11.7 Å². The number of nitrogens with two attached hydrogens (primary N) is 1. The number of imidazole rings is 1. The third-order valence-corrected chi connectivity index (χ3v) is 4.69. The normalized spacial score (nSPS) is 10.3. The van der Waals surface area contributed by atoms with E-state index in [0.717, 1.165) is 17.8 Å². The molecule has 8 heteroatoms. The van der Waals surface area contributed by atoms with E-state index in [1.807, 2.05) is 6.07 Å². The topological polar surface area (TPSA) is 96.7 Å². The van der Waals surface area contributed by atoms with Crippen molar-refractivity contribution >= 4 is 29.0 Å². The van der Waals surface area contributed by atoms with Crippen molar-refractivity contribution in [3.05, 3.63) is 65.7 Å². The Morgan fingerprint density at radius 3 is 2.88 bits per heavy atom. The minimum absolute atomic E-state index is 0.0284. The Kier molecular flexibility index (Phi) is 4.91. The molecule has 0 spiro atoms. The number of nitrogen functional groups attached to an aromatic ring is 1. The van der Waals surface area contributed by atoms with Gasteiger partial charge in [-0.3, -0.25) is 4.79 Å². The summed E-state index contributed by atoms with van der Waals surface area (Å²) in [5.74, 6) is -1.02. The number of nitriles is 1. The second-order valence-electron chi connectivity index (χ2n) is 5.44. The quantitative estimate of drug-likeness (QED) is 0.689. The van der Waals surface area contributed by atoms with Crippen LogP contribution in [0.15, 0.2) is 58.8 Å². The molecule has 1 amide bonds. The van der Waals surface area contributed by atoms with Gasteiger partial charge in [0.2, 0.25) is 0 Å². The molecule has 0 aliphatic rings. The van der Waals surface area contributed by atoms with Gasteiger partial charge in [0.25, 0.3) is 5.91 Å². The van der Waals surface area contributed by atoms with E-state index in [0.29, 0.717) is 16.4 Å². The van der Waals surface area contributed by atoms with Gasteiger partial charge in [0.15, 0.2) is 5.16 Å². The minimum Gasteiger partial charge on any atom is -0.398 e. The van der Waals surface area contributed by atoms with Crippen molar-refractivity contribution in [2.45, 2.75) is 10.1 Å². The van der Waals surface area contributed by atoms with Crippen LogP contribution < -0.4 is 11.1 Å². The molecule has 6 nitrogen and oxygen atoms in total. The Balaban J connectivity index is 1.89. The summed E-state index contributed by atoms with van der Waals surface area (Å²) in [6.45, 7) is 0.